The van der Waals surface area contributed by atoms with Crippen LogP contribution in [0.15, 0.2) is 34.4 Å². The minimum absolute atomic E-state index is 0.570. The topological polar surface area (TPSA) is 49.6 Å². The molecule has 1 aromatic heterocycles. The van der Waals surface area contributed by atoms with Crippen LogP contribution in [0, 0.1) is 5.92 Å². The van der Waals surface area contributed by atoms with E-state index in [1.807, 2.05) is 32.0 Å². The highest BCUT2D eigenvalue weighted by Gasteiger charge is 2.02. The van der Waals surface area contributed by atoms with Gasteiger partial charge in [-0.2, -0.15) is 0 Å². The van der Waals surface area contributed by atoms with E-state index in [2.05, 4.69) is 34.1 Å². The lowest BCUT2D eigenvalue weighted by molar-refractivity contribution is 0.561. The third-order valence-corrected chi connectivity index (χ3v) is 2.12. The zero-order chi connectivity index (χ0) is 13.4. The van der Waals surface area contributed by atoms with Gasteiger partial charge in [-0.25, -0.2) is 9.98 Å². The molecule has 1 heterocycles. The van der Waals surface area contributed by atoms with Crippen LogP contribution in [0.4, 0.5) is 0 Å². The van der Waals surface area contributed by atoms with E-state index >= 15 is 0 Å². The normalized spacial score (nSPS) is 11.7. The molecule has 0 saturated carbocycles. The lowest BCUT2D eigenvalue weighted by Crippen LogP contribution is -2.20. The van der Waals surface area contributed by atoms with Gasteiger partial charge in [0.2, 0.25) is 0 Å². The minimum atomic E-state index is 0.570. The fourth-order valence-corrected chi connectivity index (χ4v) is 1.36. The summed E-state index contributed by atoms with van der Waals surface area (Å²) in [5.74, 6) is 1.31. The van der Waals surface area contributed by atoms with Gasteiger partial charge in [0, 0.05) is 11.9 Å². The fourth-order valence-electron chi connectivity index (χ4n) is 1.36. The Bertz CT molecular complexity index is 403. The average Bonchev–Trinajstić information content (AvgIpc) is 2.33. The zero-order valence-corrected chi connectivity index (χ0v) is 11.6. The van der Waals surface area contributed by atoms with Crippen LogP contribution in [0.25, 0.3) is 0 Å². The lowest BCUT2D eigenvalue weighted by atomic mass is 10.2. The highest BCUT2D eigenvalue weighted by Crippen LogP contribution is 1.99. The van der Waals surface area contributed by atoms with Crippen molar-refractivity contribution < 1.29 is 0 Å². The molecule has 18 heavy (non-hydrogen) atoms. The second kappa shape index (κ2) is 7.71. The first-order valence-electron chi connectivity index (χ1n) is 6.28. The molecule has 0 saturated heterocycles. The molecule has 4 heteroatoms. The van der Waals surface area contributed by atoms with Crippen molar-refractivity contribution in [3.05, 3.63) is 30.1 Å². The maximum atomic E-state index is 4.46. The summed E-state index contributed by atoms with van der Waals surface area (Å²) < 4.78 is 0. The zero-order valence-electron chi connectivity index (χ0n) is 11.6. The summed E-state index contributed by atoms with van der Waals surface area (Å²) in [4.78, 5) is 13.2. The number of aromatic nitrogens is 1. The molecular formula is C14H22N4. The van der Waals surface area contributed by atoms with Crippen molar-refractivity contribution in [2.75, 3.05) is 13.2 Å². The Morgan fingerprint density at radius 2 is 2.11 bits per heavy atom. The van der Waals surface area contributed by atoms with Gasteiger partial charge in [0.25, 0.3) is 0 Å². The summed E-state index contributed by atoms with van der Waals surface area (Å²) in [7, 11) is 0. The number of pyridine rings is 1. The molecule has 1 aromatic rings. The van der Waals surface area contributed by atoms with Crippen molar-refractivity contribution in [3.8, 4) is 0 Å². The quantitative estimate of drug-likeness (QED) is 0.493. The molecule has 0 radical (unpaired) electrons. The predicted molar refractivity (Wildman–Crippen MR) is 77.3 cm³/mol. The summed E-state index contributed by atoms with van der Waals surface area (Å²) in [6, 6.07) is 5.76. The van der Waals surface area contributed by atoms with E-state index < -0.39 is 0 Å². The van der Waals surface area contributed by atoms with Crippen molar-refractivity contribution in [1.29, 1.82) is 0 Å². The molecule has 98 valence electrons. The highest BCUT2D eigenvalue weighted by molar-refractivity contribution is 6.04. The van der Waals surface area contributed by atoms with Crippen LogP contribution in [0.2, 0.25) is 0 Å². The Hall–Kier alpha value is -1.55. The second-order valence-electron chi connectivity index (χ2n) is 4.76. The molecule has 0 amide bonds. The Morgan fingerprint density at radius 3 is 2.67 bits per heavy atom. The first-order chi connectivity index (χ1) is 8.59. The van der Waals surface area contributed by atoms with E-state index in [1.165, 1.54) is 0 Å². The van der Waals surface area contributed by atoms with E-state index in [4.69, 9.17) is 0 Å². The number of rotatable bonds is 5. The Balaban J connectivity index is 2.73. The van der Waals surface area contributed by atoms with Crippen molar-refractivity contribution in [2.24, 2.45) is 15.9 Å². The number of hydrogen-bond acceptors (Lipinski definition) is 3. The van der Waals surface area contributed by atoms with E-state index in [1.54, 1.807) is 6.20 Å². The molecule has 1 rings (SSSR count). The van der Waals surface area contributed by atoms with Gasteiger partial charge < -0.3 is 0 Å². The lowest BCUT2D eigenvalue weighted by Gasteiger charge is -2.05. The third-order valence-electron chi connectivity index (χ3n) is 2.12. The van der Waals surface area contributed by atoms with Crippen molar-refractivity contribution >= 4 is 11.5 Å². The largest absolute Gasteiger partial charge is 0.298 e. The van der Waals surface area contributed by atoms with Gasteiger partial charge in [-0.3, -0.25) is 10.3 Å². The molecular weight excluding hydrogens is 224 g/mol. The summed E-state index contributed by atoms with van der Waals surface area (Å²) in [5, 5.41) is 3.27. The fraction of sp³-hybridized carbons (Fsp3) is 0.500. The molecule has 0 spiro atoms. The molecule has 4 nitrogen and oxygen atoms in total. The van der Waals surface area contributed by atoms with E-state index in [0.717, 1.165) is 18.0 Å². The molecule has 0 atom stereocenters. The van der Waals surface area contributed by atoms with Gasteiger partial charge in [-0.1, -0.05) is 19.9 Å². The summed E-state index contributed by atoms with van der Waals surface area (Å²) in [6.45, 7) is 9.78. The highest BCUT2D eigenvalue weighted by atomic mass is 15.1. The number of amidine groups is 1. The number of nitrogens with zero attached hydrogens (tertiary/aromatic N) is 3. The van der Waals surface area contributed by atoms with Gasteiger partial charge in [0.15, 0.2) is 5.84 Å². The monoisotopic (exact) mass is 246 g/mol. The third kappa shape index (κ3) is 5.68. The number of aliphatic imine (C=N–C) groups is 2. The molecule has 0 aromatic carbocycles. The maximum Gasteiger partial charge on any atom is 0.174 e. The van der Waals surface area contributed by atoms with Crippen molar-refractivity contribution in [2.45, 2.75) is 27.7 Å². The summed E-state index contributed by atoms with van der Waals surface area (Å²) >= 11 is 0. The van der Waals surface area contributed by atoms with E-state index in [9.17, 15) is 0 Å². The Morgan fingerprint density at radius 1 is 1.33 bits per heavy atom. The molecule has 0 aliphatic carbocycles. The molecule has 0 unspecified atom stereocenters. The van der Waals surface area contributed by atoms with Crippen LogP contribution in [0.3, 0.4) is 0 Å². The van der Waals surface area contributed by atoms with Gasteiger partial charge in [0.1, 0.15) is 5.69 Å². The smallest absolute Gasteiger partial charge is 0.174 e. The van der Waals surface area contributed by atoms with Gasteiger partial charge >= 0.3 is 0 Å². The molecule has 0 aliphatic rings. The van der Waals surface area contributed by atoms with E-state index in [-0.39, 0.29) is 0 Å². The summed E-state index contributed by atoms with van der Waals surface area (Å²) in [6.07, 6.45) is 1.76. The predicted octanol–water partition coefficient (Wildman–Crippen LogP) is 2.51. The van der Waals surface area contributed by atoms with Gasteiger partial charge in [0.05, 0.1) is 6.67 Å². The second-order valence-corrected chi connectivity index (χ2v) is 4.76. The molecule has 0 aliphatic heterocycles. The van der Waals surface area contributed by atoms with Crippen molar-refractivity contribution in [1.82, 2.24) is 10.3 Å². The van der Waals surface area contributed by atoms with E-state index in [0.29, 0.717) is 18.4 Å². The molecule has 1 N–H and O–H groups in total. The van der Waals surface area contributed by atoms with Crippen LogP contribution >= 0.6 is 0 Å². The molecule has 0 fully saturated rings. The Kier molecular flexibility index (Phi) is 6.22. The standard InChI is InChI=1S/C14H22N4/c1-11(2)9-15-10-17-14(18-12(3)4)13-7-5-6-8-16-13/h5-8,11,15H,9-10H2,1-4H3. The first-order valence-corrected chi connectivity index (χ1v) is 6.28. The minimum Gasteiger partial charge on any atom is -0.298 e. The van der Waals surface area contributed by atoms with Gasteiger partial charge in [-0.15, -0.1) is 0 Å². The first kappa shape index (κ1) is 14.5. The van der Waals surface area contributed by atoms with Crippen LogP contribution in [0.1, 0.15) is 33.4 Å². The van der Waals surface area contributed by atoms with Crippen LogP contribution in [0.5, 0.6) is 0 Å². The number of nitrogens with one attached hydrogen (secondary N) is 1. The van der Waals surface area contributed by atoms with Crippen LogP contribution in [-0.2, 0) is 0 Å². The number of hydrogen-bond donors (Lipinski definition) is 1. The Labute approximate surface area is 109 Å². The summed E-state index contributed by atoms with van der Waals surface area (Å²) in [5.41, 5.74) is 1.79. The van der Waals surface area contributed by atoms with Crippen molar-refractivity contribution in [3.63, 3.8) is 0 Å². The molecule has 0 bridgehead atoms. The maximum absolute atomic E-state index is 4.46. The van der Waals surface area contributed by atoms with Gasteiger partial charge in [-0.05, 0) is 38.4 Å². The van der Waals surface area contributed by atoms with Crippen LogP contribution in [-0.4, -0.2) is 29.7 Å². The average molecular weight is 246 g/mol. The SMILES string of the molecule is CC(C)=NC(=NCNCC(C)C)c1ccccn1. The van der Waals surface area contributed by atoms with Crippen LogP contribution < -0.4 is 5.32 Å².